The van der Waals surface area contributed by atoms with E-state index in [1.54, 1.807) is 13.1 Å². The van der Waals surface area contributed by atoms with E-state index in [0.29, 0.717) is 17.6 Å². The van der Waals surface area contributed by atoms with Crippen LogP contribution < -0.4 is 10.6 Å². The van der Waals surface area contributed by atoms with Gasteiger partial charge in [-0.3, -0.25) is 9.89 Å². The lowest BCUT2D eigenvalue weighted by Gasteiger charge is -2.35. The highest BCUT2D eigenvalue weighted by Gasteiger charge is 2.32. The molecular formula is C20H31ClFIN4O. The Morgan fingerprint density at radius 1 is 1.39 bits per heavy atom. The number of nitrogens with zero attached hydrogens (tertiary/aromatic N) is 2. The van der Waals surface area contributed by atoms with Crippen LogP contribution in [-0.4, -0.2) is 62.8 Å². The zero-order chi connectivity index (χ0) is 19.4. The van der Waals surface area contributed by atoms with Gasteiger partial charge in [0, 0.05) is 43.2 Å². The molecule has 2 heterocycles. The molecule has 0 spiro atoms. The molecule has 0 aromatic heterocycles. The number of benzene rings is 1. The van der Waals surface area contributed by atoms with E-state index in [4.69, 9.17) is 16.3 Å². The van der Waals surface area contributed by atoms with Crippen molar-refractivity contribution in [3.63, 3.8) is 0 Å². The lowest BCUT2D eigenvalue weighted by Crippen LogP contribution is -2.52. The fourth-order valence-corrected chi connectivity index (χ4v) is 4.30. The molecule has 8 heteroatoms. The van der Waals surface area contributed by atoms with Crippen molar-refractivity contribution in [2.75, 3.05) is 39.8 Å². The van der Waals surface area contributed by atoms with Crippen LogP contribution in [0.1, 0.15) is 32.3 Å². The molecule has 2 saturated heterocycles. The van der Waals surface area contributed by atoms with Crippen LogP contribution in [0.3, 0.4) is 0 Å². The molecule has 0 radical (unpaired) electrons. The Bertz CT molecular complexity index is 688. The van der Waals surface area contributed by atoms with Crippen LogP contribution in [0.4, 0.5) is 4.39 Å². The molecule has 5 nitrogen and oxygen atoms in total. The predicted octanol–water partition coefficient (Wildman–Crippen LogP) is 3.40. The molecule has 1 aromatic rings. The number of hydrogen-bond acceptors (Lipinski definition) is 3. The van der Waals surface area contributed by atoms with Gasteiger partial charge in [-0.05, 0) is 37.1 Å². The number of nitrogens with one attached hydrogen (secondary N) is 2. The first-order valence-corrected chi connectivity index (χ1v) is 10.0. The number of fused-ring (bicyclic) bond motifs is 1. The monoisotopic (exact) mass is 524 g/mol. The number of ether oxygens (including phenoxy) is 1. The number of morpholine rings is 1. The van der Waals surface area contributed by atoms with Gasteiger partial charge in [0.2, 0.25) is 0 Å². The highest BCUT2D eigenvalue weighted by Crippen LogP contribution is 2.30. The minimum absolute atomic E-state index is 0. The van der Waals surface area contributed by atoms with Gasteiger partial charge in [-0.25, -0.2) is 4.39 Å². The van der Waals surface area contributed by atoms with Gasteiger partial charge >= 0.3 is 0 Å². The second-order valence-corrected chi connectivity index (χ2v) is 8.47. The highest BCUT2D eigenvalue weighted by molar-refractivity contribution is 14.0. The Labute approximate surface area is 189 Å². The molecule has 2 aliphatic rings. The topological polar surface area (TPSA) is 48.9 Å². The summed E-state index contributed by atoms with van der Waals surface area (Å²) < 4.78 is 19.3. The van der Waals surface area contributed by atoms with Gasteiger partial charge in [0.25, 0.3) is 0 Å². The Kier molecular flexibility index (Phi) is 8.79. The molecule has 2 atom stereocenters. The molecular weight excluding hydrogens is 494 g/mol. The molecule has 3 rings (SSSR count). The molecule has 2 unspecified atom stereocenters. The summed E-state index contributed by atoms with van der Waals surface area (Å²) >= 11 is 6.24. The van der Waals surface area contributed by atoms with Crippen LogP contribution >= 0.6 is 35.6 Å². The first-order valence-electron chi connectivity index (χ1n) is 9.65. The minimum Gasteiger partial charge on any atom is -0.373 e. The van der Waals surface area contributed by atoms with Gasteiger partial charge in [-0.2, -0.15) is 0 Å². The number of hydrogen-bond donors (Lipinski definition) is 2. The van der Waals surface area contributed by atoms with Crippen molar-refractivity contribution < 1.29 is 9.13 Å². The van der Waals surface area contributed by atoms with Crippen LogP contribution in [0.15, 0.2) is 23.2 Å². The van der Waals surface area contributed by atoms with Gasteiger partial charge in [0.05, 0.1) is 12.7 Å². The number of rotatable bonds is 5. The van der Waals surface area contributed by atoms with Gasteiger partial charge in [-0.1, -0.05) is 31.5 Å². The zero-order valence-electron chi connectivity index (χ0n) is 16.8. The lowest BCUT2D eigenvalue weighted by atomic mass is 9.84. The third-order valence-corrected chi connectivity index (χ3v) is 5.85. The molecule has 2 fully saturated rings. The Morgan fingerprint density at radius 2 is 2.18 bits per heavy atom. The van der Waals surface area contributed by atoms with E-state index < -0.39 is 0 Å². The van der Waals surface area contributed by atoms with Crippen molar-refractivity contribution in [2.45, 2.75) is 44.2 Å². The fraction of sp³-hybridized carbons (Fsp3) is 0.650. The molecule has 28 heavy (non-hydrogen) atoms. The van der Waals surface area contributed by atoms with E-state index >= 15 is 0 Å². The Morgan fingerprint density at radius 3 is 2.89 bits per heavy atom. The second kappa shape index (κ2) is 10.4. The van der Waals surface area contributed by atoms with E-state index in [9.17, 15) is 4.39 Å². The van der Waals surface area contributed by atoms with Gasteiger partial charge in [-0.15, -0.1) is 24.0 Å². The largest absolute Gasteiger partial charge is 0.373 e. The second-order valence-electron chi connectivity index (χ2n) is 8.06. The van der Waals surface area contributed by atoms with Crippen molar-refractivity contribution in [1.29, 1.82) is 0 Å². The van der Waals surface area contributed by atoms with Crippen LogP contribution in [-0.2, 0) is 10.2 Å². The van der Waals surface area contributed by atoms with E-state index in [1.165, 1.54) is 31.5 Å². The van der Waals surface area contributed by atoms with Crippen LogP contribution in [0.2, 0.25) is 5.02 Å². The van der Waals surface area contributed by atoms with E-state index in [2.05, 4.69) is 34.4 Å². The highest BCUT2D eigenvalue weighted by atomic mass is 127. The molecule has 2 aliphatic heterocycles. The summed E-state index contributed by atoms with van der Waals surface area (Å²) in [5, 5.41) is 7.16. The molecule has 0 bridgehead atoms. The van der Waals surface area contributed by atoms with Crippen LogP contribution in [0.25, 0.3) is 0 Å². The summed E-state index contributed by atoms with van der Waals surface area (Å²) in [5.74, 6) is 0.408. The standard InChI is InChI=1S/C20H30ClFN4O.HI/c1-20(2,17-7-6-14(22)9-18(17)21)13-25-19(23-3)24-10-16-11-26-8-4-5-15(26)12-27-16;/h6-7,9,15-16H,4-5,8,10-13H2,1-3H3,(H2,23,24,25);1H. The summed E-state index contributed by atoms with van der Waals surface area (Å²) in [6.07, 6.45) is 2.71. The maximum Gasteiger partial charge on any atom is 0.191 e. The van der Waals surface area contributed by atoms with E-state index in [1.807, 2.05) is 0 Å². The Balaban J connectivity index is 0.00000280. The van der Waals surface area contributed by atoms with Crippen molar-refractivity contribution >= 4 is 41.5 Å². The maximum absolute atomic E-state index is 13.3. The predicted molar refractivity (Wildman–Crippen MR) is 124 cm³/mol. The van der Waals surface area contributed by atoms with Gasteiger partial charge in [0.1, 0.15) is 5.82 Å². The number of halogens is 3. The third kappa shape index (κ3) is 5.93. The van der Waals surface area contributed by atoms with Crippen molar-refractivity contribution in [2.24, 2.45) is 4.99 Å². The van der Waals surface area contributed by atoms with Crippen molar-refractivity contribution in [1.82, 2.24) is 15.5 Å². The van der Waals surface area contributed by atoms with E-state index in [-0.39, 0.29) is 41.3 Å². The first-order chi connectivity index (χ1) is 12.9. The maximum atomic E-state index is 13.3. The summed E-state index contributed by atoms with van der Waals surface area (Å²) in [6, 6.07) is 5.16. The molecule has 0 saturated carbocycles. The Hall–Kier alpha value is -0.640. The van der Waals surface area contributed by atoms with Gasteiger partial charge < -0.3 is 15.4 Å². The zero-order valence-corrected chi connectivity index (χ0v) is 19.9. The van der Waals surface area contributed by atoms with Gasteiger partial charge in [0.15, 0.2) is 5.96 Å². The minimum atomic E-state index is -0.322. The fourth-order valence-electron chi connectivity index (χ4n) is 3.88. The molecule has 2 N–H and O–H groups in total. The van der Waals surface area contributed by atoms with E-state index in [0.717, 1.165) is 31.2 Å². The van der Waals surface area contributed by atoms with Crippen LogP contribution in [0.5, 0.6) is 0 Å². The number of aliphatic imine (C=N–C) groups is 1. The summed E-state index contributed by atoms with van der Waals surface area (Å²) in [4.78, 5) is 6.84. The lowest BCUT2D eigenvalue weighted by molar-refractivity contribution is -0.0453. The molecule has 158 valence electrons. The average Bonchev–Trinajstić information content (AvgIpc) is 3.09. The quantitative estimate of drug-likeness (QED) is 0.352. The smallest absolute Gasteiger partial charge is 0.191 e. The summed E-state index contributed by atoms with van der Waals surface area (Å²) in [7, 11) is 1.76. The normalized spacial score (nSPS) is 23.1. The number of guanidine groups is 1. The first kappa shape index (κ1) is 23.6. The average molecular weight is 525 g/mol. The SMILES string of the molecule is CN=C(NCC1CN2CCCC2CO1)NCC(C)(C)c1ccc(F)cc1Cl.I. The molecule has 0 aliphatic carbocycles. The summed E-state index contributed by atoms with van der Waals surface area (Å²) in [6.45, 7) is 8.48. The summed E-state index contributed by atoms with van der Waals surface area (Å²) in [5.41, 5.74) is 0.635. The molecule has 1 aromatic carbocycles. The van der Waals surface area contributed by atoms with Crippen LogP contribution in [0, 0.1) is 5.82 Å². The third-order valence-electron chi connectivity index (χ3n) is 5.54. The molecule has 0 amide bonds. The van der Waals surface area contributed by atoms with Crippen molar-refractivity contribution in [3.8, 4) is 0 Å². The van der Waals surface area contributed by atoms with Crippen molar-refractivity contribution in [3.05, 3.63) is 34.6 Å².